The monoisotopic (exact) mass is 533 g/mol. The Kier molecular flexibility index (Phi) is 7.45. The van der Waals surface area contributed by atoms with Gasteiger partial charge in [0.1, 0.15) is 5.75 Å². The van der Waals surface area contributed by atoms with Gasteiger partial charge in [0.25, 0.3) is 11.5 Å². The lowest BCUT2D eigenvalue weighted by atomic mass is 10.1. The van der Waals surface area contributed by atoms with Crippen LogP contribution < -0.4 is 26.6 Å². The van der Waals surface area contributed by atoms with Gasteiger partial charge in [-0.3, -0.25) is 18.7 Å². The summed E-state index contributed by atoms with van der Waals surface area (Å²) in [5.41, 5.74) is 0.961. The first-order valence-electron chi connectivity index (χ1n) is 13.5. The zero-order valence-electron chi connectivity index (χ0n) is 22.6. The van der Waals surface area contributed by atoms with Crippen molar-refractivity contribution in [2.24, 2.45) is 5.92 Å². The Morgan fingerprint density at radius 2 is 1.79 bits per heavy atom. The fourth-order valence-electron chi connectivity index (χ4n) is 5.17. The maximum absolute atomic E-state index is 13.3. The van der Waals surface area contributed by atoms with Gasteiger partial charge in [-0.2, -0.15) is 0 Å². The minimum absolute atomic E-state index is 0.120. The van der Waals surface area contributed by atoms with Crippen LogP contribution in [-0.2, 0) is 6.54 Å². The van der Waals surface area contributed by atoms with Crippen LogP contribution in [0.5, 0.6) is 5.75 Å². The molecule has 2 heterocycles. The van der Waals surface area contributed by atoms with Crippen LogP contribution in [0.2, 0.25) is 0 Å². The van der Waals surface area contributed by atoms with E-state index in [1.807, 2.05) is 13.8 Å². The molecule has 0 unspecified atom stereocenters. The summed E-state index contributed by atoms with van der Waals surface area (Å²) < 4.78 is 8.13. The lowest BCUT2D eigenvalue weighted by Gasteiger charge is -2.33. The molecule has 2 aliphatic rings. The normalized spacial score (nSPS) is 17.3. The fourth-order valence-corrected chi connectivity index (χ4v) is 5.17. The average Bonchev–Trinajstić information content (AvgIpc) is 3.76. The van der Waals surface area contributed by atoms with Gasteiger partial charge < -0.3 is 20.3 Å². The van der Waals surface area contributed by atoms with E-state index in [9.17, 15) is 19.2 Å². The van der Waals surface area contributed by atoms with Crippen LogP contribution in [-0.4, -0.2) is 52.2 Å². The second-order valence-corrected chi connectivity index (χ2v) is 10.8. The van der Waals surface area contributed by atoms with Crippen LogP contribution in [0.1, 0.15) is 55.9 Å². The van der Waals surface area contributed by atoms with Gasteiger partial charge in [0.2, 0.25) is 0 Å². The van der Waals surface area contributed by atoms with Gasteiger partial charge in [-0.25, -0.2) is 9.59 Å². The van der Waals surface area contributed by atoms with Crippen LogP contribution in [0.3, 0.4) is 0 Å². The molecule has 1 aromatic heterocycles. The summed E-state index contributed by atoms with van der Waals surface area (Å²) in [7, 11) is 1.57. The number of likely N-dealkylation sites (tertiary alicyclic amines) is 1. The Morgan fingerprint density at radius 1 is 1.05 bits per heavy atom. The SMILES string of the molecule is COc1ccc(C(=O)N[C@@H]2CCCN(C(=O)Nc3ccc4c(c3)c(=O)n(CC3CC3)c(=O)n4C(C)C)C2)cc1. The van der Waals surface area contributed by atoms with E-state index in [1.54, 1.807) is 59.0 Å². The number of hydrogen-bond acceptors (Lipinski definition) is 5. The van der Waals surface area contributed by atoms with Gasteiger partial charge in [0.15, 0.2) is 0 Å². The van der Waals surface area contributed by atoms with Crippen LogP contribution in [0.25, 0.3) is 10.9 Å². The first kappa shape index (κ1) is 26.5. The topological polar surface area (TPSA) is 115 Å². The molecule has 2 fully saturated rings. The van der Waals surface area contributed by atoms with E-state index in [-0.39, 0.29) is 35.3 Å². The first-order chi connectivity index (χ1) is 18.7. The maximum atomic E-state index is 13.3. The summed E-state index contributed by atoms with van der Waals surface area (Å²) in [6.45, 7) is 5.21. The molecule has 1 aliphatic carbocycles. The molecular weight excluding hydrogens is 498 g/mol. The van der Waals surface area contributed by atoms with Crippen LogP contribution in [0.15, 0.2) is 52.1 Å². The van der Waals surface area contributed by atoms with Crippen molar-refractivity contribution < 1.29 is 14.3 Å². The highest BCUT2D eigenvalue weighted by molar-refractivity contribution is 5.95. The Morgan fingerprint density at radius 3 is 2.46 bits per heavy atom. The Bertz CT molecular complexity index is 1500. The summed E-state index contributed by atoms with van der Waals surface area (Å²) in [5.74, 6) is 0.849. The number of nitrogens with one attached hydrogen (secondary N) is 2. The Labute approximate surface area is 226 Å². The summed E-state index contributed by atoms with van der Waals surface area (Å²) in [6.07, 6.45) is 3.58. The number of ether oxygens (including phenoxy) is 1. The smallest absolute Gasteiger partial charge is 0.331 e. The molecule has 206 valence electrons. The highest BCUT2D eigenvalue weighted by Gasteiger charge is 2.27. The number of amides is 3. The molecule has 1 aliphatic heterocycles. The van der Waals surface area contributed by atoms with Gasteiger partial charge in [-0.1, -0.05) is 0 Å². The molecule has 0 bridgehead atoms. The number of fused-ring (bicyclic) bond motifs is 1. The number of rotatable bonds is 7. The number of urea groups is 1. The number of hydrogen-bond donors (Lipinski definition) is 2. The van der Waals surface area contributed by atoms with Crippen molar-refractivity contribution in [3.63, 3.8) is 0 Å². The van der Waals surface area contributed by atoms with E-state index in [0.717, 1.165) is 25.7 Å². The molecule has 39 heavy (non-hydrogen) atoms. The number of carbonyl (C=O) groups is 2. The zero-order valence-corrected chi connectivity index (χ0v) is 22.6. The van der Waals surface area contributed by atoms with Gasteiger partial charge in [-0.15, -0.1) is 0 Å². The molecule has 10 nitrogen and oxygen atoms in total. The number of piperidine rings is 1. The predicted octanol–water partition coefficient (Wildman–Crippen LogP) is 3.59. The number of aromatic nitrogens is 2. The number of benzene rings is 2. The van der Waals surface area contributed by atoms with Crippen molar-refractivity contribution in [1.82, 2.24) is 19.4 Å². The third-order valence-corrected chi connectivity index (χ3v) is 7.47. The maximum Gasteiger partial charge on any atom is 0.331 e. The molecule has 3 aromatic rings. The second-order valence-electron chi connectivity index (χ2n) is 10.8. The molecule has 0 radical (unpaired) electrons. The summed E-state index contributed by atoms with van der Waals surface area (Å²) in [4.78, 5) is 54.0. The Hall–Kier alpha value is -4.08. The van der Waals surface area contributed by atoms with E-state index in [4.69, 9.17) is 4.74 Å². The molecule has 1 atom stereocenters. The lowest BCUT2D eigenvalue weighted by Crippen LogP contribution is -2.50. The van der Waals surface area contributed by atoms with Crippen molar-refractivity contribution in [3.8, 4) is 5.75 Å². The quantitative estimate of drug-likeness (QED) is 0.482. The zero-order chi connectivity index (χ0) is 27.7. The van der Waals surface area contributed by atoms with Gasteiger partial charge >= 0.3 is 11.7 Å². The molecular formula is C29H35N5O5. The van der Waals surface area contributed by atoms with Crippen molar-refractivity contribution >= 4 is 28.5 Å². The molecule has 5 rings (SSSR count). The third-order valence-electron chi connectivity index (χ3n) is 7.47. The van der Waals surface area contributed by atoms with Crippen LogP contribution in [0.4, 0.5) is 10.5 Å². The van der Waals surface area contributed by atoms with Crippen LogP contribution in [0, 0.1) is 5.92 Å². The molecule has 3 amide bonds. The summed E-state index contributed by atoms with van der Waals surface area (Å²) in [6, 6.07) is 11.4. The fraction of sp³-hybridized carbons (Fsp3) is 0.448. The second kappa shape index (κ2) is 11.0. The van der Waals surface area contributed by atoms with Crippen molar-refractivity contribution in [2.45, 2.75) is 58.2 Å². The summed E-state index contributed by atoms with van der Waals surface area (Å²) in [5, 5.41) is 6.34. The number of nitrogens with zero attached hydrogens (tertiary/aromatic N) is 3. The molecule has 2 N–H and O–H groups in total. The first-order valence-corrected chi connectivity index (χ1v) is 13.5. The molecule has 10 heteroatoms. The van der Waals surface area contributed by atoms with E-state index < -0.39 is 0 Å². The molecule has 2 aromatic carbocycles. The van der Waals surface area contributed by atoms with E-state index in [1.165, 1.54) is 4.57 Å². The van der Waals surface area contributed by atoms with Crippen molar-refractivity contribution in [1.29, 1.82) is 0 Å². The van der Waals surface area contributed by atoms with Gasteiger partial charge in [-0.05, 0) is 87.9 Å². The minimum Gasteiger partial charge on any atom is -0.497 e. The summed E-state index contributed by atoms with van der Waals surface area (Å²) >= 11 is 0. The Balaban J connectivity index is 1.31. The number of carbonyl (C=O) groups excluding carboxylic acids is 2. The minimum atomic E-state index is -0.325. The predicted molar refractivity (Wildman–Crippen MR) is 150 cm³/mol. The largest absolute Gasteiger partial charge is 0.497 e. The van der Waals surface area contributed by atoms with Gasteiger partial charge in [0, 0.05) is 43.0 Å². The van der Waals surface area contributed by atoms with Crippen molar-refractivity contribution in [2.75, 3.05) is 25.5 Å². The number of anilines is 1. The van der Waals surface area contributed by atoms with Crippen molar-refractivity contribution in [3.05, 3.63) is 68.9 Å². The molecule has 1 saturated heterocycles. The van der Waals surface area contributed by atoms with E-state index in [2.05, 4.69) is 10.6 Å². The van der Waals surface area contributed by atoms with Crippen LogP contribution >= 0.6 is 0 Å². The van der Waals surface area contributed by atoms with E-state index >= 15 is 0 Å². The highest BCUT2D eigenvalue weighted by atomic mass is 16.5. The standard InChI is InChI=1S/C29H35N5O5/c1-18(2)34-25-13-10-21(15-24(25)27(36)33(29(34)38)16-19-6-7-19)31-28(37)32-14-4-5-22(17-32)30-26(35)20-8-11-23(39-3)12-9-20/h8-13,15,18-19,22H,4-7,14,16-17H2,1-3H3,(H,30,35)(H,31,37)/t22-/m1/s1. The molecule has 1 saturated carbocycles. The highest BCUT2D eigenvalue weighted by Crippen LogP contribution is 2.30. The van der Waals surface area contributed by atoms with Gasteiger partial charge in [0.05, 0.1) is 18.0 Å². The number of methoxy groups -OCH3 is 1. The molecule has 0 spiro atoms. The van der Waals surface area contributed by atoms with E-state index in [0.29, 0.717) is 53.5 Å². The third kappa shape index (κ3) is 5.69. The average molecular weight is 534 g/mol. The lowest BCUT2D eigenvalue weighted by molar-refractivity contribution is 0.0913.